The second-order valence-corrected chi connectivity index (χ2v) is 5.19. The second-order valence-electron chi connectivity index (χ2n) is 5.19. The van der Waals surface area contributed by atoms with Gasteiger partial charge in [0.25, 0.3) is 0 Å². The first-order valence-corrected chi connectivity index (χ1v) is 7.52. The molecule has 7 heteroatoms. The summed E-state index contributed by atoms with van der Waals surface area (Å²) in [7, 11) is 0. The van der Waals surface area contributed by atoms with E-state index in [0.29, 0.717) is 11.4 Å². The molecule has 0 atom stereocenters. The maximum Gasteiger partial charge on any atom is 0.335 e. The number of aromatic hydroxyl groups is 1. The summed E-state index contributed by atoms with van der Waals surface area (Å²) in [4.78, 5) is 10.3. The number of hydrogen-bond donors (Lipinski definition) is 6. The fourth-order valence-electron chi connectivity index (χ4n) is 1.60. The minimum atomic E-state index is -0.931. The standard InChI is InChI=1S/C7H7NO2.C6H8N2.C6H7NO/c8-6-3-1-5(2-4-6)7(9)10;7-5-1-2-6(8)4-3-5;7-5-1-3-6(8)4-2-5/h1-4H,8H2,(H,9,10);1-4H,7-8H2;1-4,8H,7H2. The van der Waals surface area contributed by atoms with Crippen LogP contribution < -0.4 is 22.9 Å². The minimum Gasteiger partial charge on any atom is -0.508 e. The van der Waals surface area contributed by atoms with Crippen molar-refractivity contribution in [2.45, 2.75) is 0 Å². The van der Waals surface area contributed by atoms with Gasteiger partial charge >= 0.3 is 5.97 Å². The van der Waals surface area contributed by atoms with E-state index >= 15 is 0 Å². The molecule has 0 saturated carbocycles. The summed E-state index contributed by atoms with van der Waals surface area (Å²) in [6, 6.07) is 19.5. The van der Waals surface area contributed by atoms with Gasteiger partial charge in [0, 0.05) is 22.7 Å². The Morgan fingerprint density at radius 2 is 0.846 bits per heavy atom. The molecule has 0 amide bonds. The summed E-state index contributed by atoms with van der Waals surface area (Å²) in [5.41, 5.74) is 24.4. The number of benzene rings is 3. The average molecular weight is 354 g/mol. The highest BCUT2D eigenvalue weighted by atomic mass is 16.4. The molecule has 0 heterocycles. The van der Waals surface area contributed by atoms with Gasteiger partial charge in [0.05, 0.1) is 5.56 Å². The van der Waals surface area contributed by atoms with Crippen LogP contribution in [0.5, 0.6) is 5.75 Å². The van der Waals surface area contributed by atoms with Crippen LogP contribution in [-0.2, 0) is 0 Å². The Morgan fingerprint density at radius 3 is 1.12 bits per heavy atom. The lowest BCUT2D eigenvalue weighted by Gasteiger charge is -1.93. The van der Waals surface area contributed by atoms with Crippen LogP contribution in [-0.4, -0.2) is 16.2 Å². The highest BCUT2D eigenvalue weighted by molar-refractivity contribution is 5.87. The van der Waals surface area contributed by atoms with Gasteiger partial charge in [-0.3, -0.25) is 0 Å². The number of aromatic carboxylic acids is 1. The van der Waals surface area contributed by atoms with Crippen LogP contribution in [0.3, 0.4) is 0 Å². The van der Waals surface area contributed by atoms with Gasteiger partial charge in [0.15, 0.2) is 0 Å². The first kappa shape index (κ1) is 20.2. The van der Waals surface area contributed by atoms with Gasteiger partial charge in [0.1, 0.15) is 5.75 Å². The number of rotatable bonds is 1. The molecule has 0 spiro atoms. The van der Waals surface area contributed by atoms with Crippen LogP contribution in [0.25, 0.3) is 0 Å². The van der Waals surface area contributed by atoms with Gasteiger partial charge in [-0.25, -0.2) is 4.79 Å². The molecule has 0 saturated heterocycles. The van der Waals surface area contributed by atoms with E-state index in [9.17, 15) is 4.79 Å². The van der Waals surface area contributed by atoms with Gasteiger partial charge in [-0.15, -0.1) is 0 Å². The number of phenols is 1. The predicted octanol–water partition coefficient (Wildman–Crippen LogP) is 2.79. The van der Waals surface area contributed by atoms with Crippen molar-refractivity contribution in [1.29, 1.82) is 0 Å². The molecule has 0 unspecified atom stereocenters. The van der Waals surface area contributed by atoms with Gasteiger partial charge in [-0.1, -0.05) is 0 Å². The zero-order valence-corrected chi connectivity index (χ0v) is 14.0. The zero-order chi connectivity index (χ0) is 19.5. The van der Waals surface area contributed by atoms with E-state index in [1.54, 1.807) is 60.7 Å². The summed E-state index contributed by atoms with van der Waals surface area (Å²) >= 11 is 0. The Morgan fingerprint density at radius 1 is 0.577 bits per heavy atom. The molecule has 7 nitrogen and oxygen atoms in total. The monoisotopic (exact) mass is 354 g/mol. The average Bonchev–Trinajstić information content (AvgIpc) is 2.62. The van der Waals surface area contributed by atoms with Gasteiger partial charge < -0.3 is 33.1 Å². The maximum atomic E-state index is 10.3. The van der Waals surface area contributed by atoms with Crippen molar-refractivity contribution in [2.75, 3.05) is 22.9 Å². The Hall–Kier alpha value is -3.87. The van der Waals surface area contributed by atoms with Crippen molar-refractivity contribution in [3.63, 3.8) is 0 Å². The lowest BCUT2D eigenvalue weighted by molar-refractivity contribution is 0.0697. The van der Waals surface area contributed by atoms with Crippen molar-refractivity contribution in [1.82, 2.24) is 0 Å². The molecule has 0 aliphatic rings. The lowest BCUT2D eigenvalue weighted by atomic mass is 10.2. The number of hydrogen-bond acceptors (Lipinski definition) is 6. The topological polar surface area (TPSA) is 162 Å². The molecule has 3 aromatic rings. The molecule has 3 rings (SSSR count). The first-order chi connectivity index (χ1) is 12.3. The van der Waals surface area contributed by atoms with Crippen LogP contribution >= 0.6 is 0 Å². The molecule has 0 radical (unpaired) electrons. The van der Waals surface area contributed by atoms with Gasteiger partial charge in [-0.05, 0) is 72.8 Å². The normalized spacial score (nSPS) is 9.08. The summed E-state index contributed by atoms with van der Waals surface area (Å²) in [5, 5.41) is 17.1. The van der Waals surface area contributed by atoms with Gasteiger partial charge in [-0.2, -0.15) is 0 Å². The van der Waals surface area contributed by atoms with Crippen molar-refractivity contribution < 1.29 is 15.0 Å². The van der Waals surface area contributed by atoms with Crippen molar-refractivity contribution >= 4 is 28.7 Å². The van der Waals surface area contributed by atoms with Crippen molar-refractivity contribution in [2.24, 2.45) is 0 Å². The molecule has 136 valence electrons. The minimum absolute atomic E-state index is 0.249. The third-order valence-corrected chi connectivity index (χ3v) is 2.99. The Bertz CT molecular complexity index is 716. The molecule has 0 fully saturated rings. The maximum absolute atomic E-state index is 10.3. The molecular weight excluding hydrogens is 332 g/mol. The summed E-state index contributed by atoms with van der Waals surface area (Å²) in [6.45, 7) is 0. The Balaban J connectivity index is 0.000000197. The van der Waals surface area contributed by atoms with E-state index in [2.05, 4.69) is 0 Å². The number of phenolic OH excluding ortho intramolecular Hbond substituents is 1. The summed E-state index contributed by atoms with van der Waals surface area (Å²) < 4.78 is 0. The zero-order valence-electron chi connectivity index (χ0n) is 14.0. The molecular formula is C19H22N4O3. The fraction of sp³-hybridized carbons (Fsp3) is 0. The molecule has 0 aromatic heterocycles. The number of carbonyl (C=O) groups is 1. The van der Waals surface area contributed by atoms with E-state index < -0.39 is 5.97 Å². The smallest absolute Gasteiger partial charge is 0.335 e. The number of carboxylic acids is 1. The molecule has 0 aliphatic carbocycles. The number of nitrogen functional groups attached to an aromatic ring is 4. The van der Waals surface area contributed by atoms with Crippen LogP contribution in [0.1, 0.15) is 10.4 Å². The van der Waals surface area contributed by atoms with E-state index in [-0.39, 0.29) is 11.3 Å². The van der Waals surface area contributed by atoms with Crippen LogP contribution in [0.4, 0.5) is 22.7 Å². The third-order valence-electron chi connectivity index (χ3n) is 2.99. The lowest BCUT2D eigenvalue weighted by Crippen LogP contribution is -1.95. The van der Waals surface area contributed by atoms with E-state index in [1.165, 1.54) is 12.1 Å². The summed E-state index contributed by atoms with van der Waals surface area (Å²) in [6.07, 6.45) is 0. The van der Waals surface area contributed by atoms with E-state index in [1.807, 2.05) is 0 Å². The molecule has 10 N–H and O–H groups in total. The van der Waals surface area contributed by atoms with Crippen molar-refractivity contribution in [3.8, 4) is 5.75 Å². The fourth-order valence-corrected chi connectivity index (χ4v) is 1.60. The van der Waals surface area contributed by atoms with Gasteiger partial charge in [0.2, 0.25) is 0 Å². The van der Waals surface area contributed by atoms with Crippen molar-refractivity contribution in [3.05, 3.63) is 78.4 Å². The second kappa shape index (κ2) is 10.1. The Labute approximate surface area is 151 Å². The highest BCUT2D eigenvalue weighted by Crippen LogP contribution is 2.09. The first-order valence-electron chi connectivity index (χ1n) is 7.52. The van der Waals surface area contributed by atoms with E-state index in [0.717, 1.165) is 11.4 Å². The number of anilines is 4. The summed E-state index contributed by atoms with van der Waals surface area (Å²) in [5.74, 6) is -0.681. The number of nitrogens with two attached hydrogens (primary N) is 4. The van der Waals surface area contributed by atoms with E-state index in [4.69, 9.17) is 33.1 Å². The highest BCUT2D eigenvalue weighted by Gasteiger charge is 1.98. The number of carboxylic acid groups (broad SMARTS) is 1. The largest absolute Gasteiger partial charge is 0.508 e. The molecule has 0 aliphatic heterocycles. The quantitative estimate of drug-likeness (QED) is 0.289. The predicted molar refractivity (Wildman–Crippen MR) is 106 cm³/mol. The molecule has 3 aromatic carbocycles. The van der Waals surface area contributed by atoms with Crippen LogP contribution in [0.15, 0.2) is 72.8 Å². The molecule has 0 bridgehead atoms. The Kier molecular flexibility index (Phi) is 7.83. The SMILES string of the molecule is Nc1ccc(C(=O)O)cc1.Nc1ccc(N)cc1.Nc1ccc(O)cc1. The third kappa shape index (κ3) is 8.11. The van der Waals surface area contributed by atoms with Crippen LogP contribution in [0, 0.1) is 0 Å². The van der Waals surface area contributed by atoms with Crippen LogP contribution in [0.2, 0.25) is 0 Å². The molecule has 26 heavy (non-hydrogen) atoms.